The van der Waals surface area contributed by atoms with Gasteiger partial charge >= 0.3 is 0 Å². The first-order valence-electron chi connectivity index (χ1n) is 6.12. The van der Waals surface area contributed by atoms with Crippen LogP contribution < -0.4 is 11.1 Å². The maximum Gasteiger partial charge on any atom is 0.129 e. The standard InChI is InChI=1S/C14H19N3O/c1-9-7-11-5-3-4-6-13(11)17-14(9)16-8-12(15)10(2)18/h3-7,10,12,18H,8,15H2,1-2H3,(H,16,17). The third kappa shape index (κ3) is 2.78. The Morgan fingerprint density at radius 3 is 2.83 bits per heavy atom. The van der Waals surface area contributed by atoms with E-state index < -0.39 is 6.10 Å². The number of nitrogens with two attached hydrogens (primary N) is 1. The molecule has 96 valence electrons. The van der Waals surface area contributed by atoms with Gasteiger partial charge in [-0.1, -0.05) is 18.2 Å². The topological polar surface area (TPSA) is 71.2 Å². The molecule has 0 fully saturated rings. The van der Waals surface area contributed by atoms with Crippen molar-refractivity contribution >= 4 is 16.7 Å². The fraction of sp³-hybridized carbons (Fsp3) is 0.357. The number of benzene rings is 1. The Hall–Kier alpha value is -1.65. The van der Waals surface area contributed by atoms with Crippen molar-refractivity contribution in [2.45, 2.75) is 26.0 Å². The molecule has 2 aromatic rings. The maximum atomic E-state index is 9.35. The van der Waals surface area contributed by atoms with Gasteiger partial charge in [-0.05, 0) is 31.5 Å². The Morgan fingerprint density at radius 1 is 1.39 bits per heavy atom. The van der Waals surface area contributed by atoms with E-state index in [0.717, 1.165) is 22.3 Å². The minimum absolute atomic E-state index is 0.294. The Morgan fingerprint density at radius 2 is 2.11 bits per heavy atom. The lowest BCUT2D eigenvalue weighted by atomic mass is 10.1. The molecule has 0 amide bonds. The molecule has 4 heteroatoms. The van der Waals surface area contributed by atoms with Crippen molar-refractivity contribution in [3.8, 4) is 0 Å². The zero-order chi connectivity index (χ0) is 13.1. The van der Waals surface area contributed by atoms with Crippen LogP contribution in [-0.4, -0.2) is 28.8 Å². The minimum Gasteiger partial charge on any atom is -0.392 e. The van der Waals surface area contributed by atoms with Gasteiger partial charge in [-0.3, -0.25) is 0 Å². The van der Waals surface area contributed by atoms with Gasteiger partial charge < -0.3 is 16.2 Å². The van der Waals surface area contributed by atoms with Crippen LogP contribution in [0, 0.1) is 6.92 Å². The van der Waals surface area contributed by atoms with Crippen LogP contribution in [0.3, 0.4) is 0 Å². The zero-order valence-electron chi connectivity index (χ0n) is 10.7. The van der Waals surface area contributed by atoms with Crippen LogP contribution in [0.2, 0.25) is 0 Å². The molecule has 0 saturated heterocycles. The van der Waals surface area contributed by atoms with Crippen LogP contribution >= 0.6 is 0 Å². The summed E-state index contributed by atoms with van der Waals surface area (Å²) in [5, 5.41) is 13.7. The first-order valence-corrected chi connectivity index (χ1v) is 6.12. The summed E-state index contributed by atoms with van der Waals surface area (Å²) >= 11 is 0. The van der Waals surface area contributed by atoms with E-state index in [1.807, 2.05) is 31.2 Å². The van der Waals surface area contributed by atoms with E-state index in [1.54, 1.807) is 6.92 Å². The molecule has 4 nitrogen and oxygen atoms in total. The summed E-state index contributed by atoms with van der Waals surface area (Å²) < 4.78 is 0. The van der Waals surface area contributed by atoms with Crippen LogP contribution in [0.15, 0.2) is 30.3 Å². The van der Waals surface area contributed by atoms with Gasteiger partial charge in [-0.25, -0.2) is 4.98 Å². The monoisotopic (exact) mass is 245 g/mol. The van der Waals surface area contributed by atoms with Crippen LogP contribution in [0.1, 0.15) is 12.5 Å². The second-order valence-corrected chi connectivity index (χ2v) is 4.63. The SMILES string of the molecule is Cc1cc2ccccc2nc1NCC(N)C(C)O. The van der Waals surface area contributed by atoms with Gasteiger partial charge in [0, 0.05) is 18.0 Å². The number of nitrogens with one attached hydrogen (secondary N) is 1. The van der Waals surface area contributed by atoms with Gasteiger partial charge in [-0.2, -0.15) is 0 Å². The average Bonchev–Trinajstić information content (AvgIpc) is 2.35. The van der Waals surface area contributed by atoms with Crippen molar-refractivity contribution < 1.29 is 5.11 Å². The molecule has 0 saturated carbocycles. The molecule has 2 rings (SSSR count). The zero-order valence-corrected chi connectivity index (χ0v) is 10.7. The number of pyridine rings is 1. The van der Waals surface area contributed by atoms with Crippen molar-refractivity contribution in [1.29, 1.82) is 0 Å². The van der Waals surface area contributed by atoms with Crippen molar-refractivity contribution in [3.05, 3.63) is 35.9 Å². The number of hydrogen-bond acceptors (Lipinski definition) is 4. The number of anilines is 1. The van der Waals surface area contributed by atoms with Crippen molar-refractivity contribution in [1.82, 2.24) is 4.98 Å². The van der Waals surface area contributed by atoms with Crippen molar-refractivity contribution in [2.24, 2.45) is 5.73 Å². The molecule has 0 spiro atoms. The second kappa shape index (κ2) is 5.33. The van der Waals surface area contributed by atoms with E-state index in [4.69, 9.17) is 5.73 Å². The molecule has 1 aromatic heterocycles. The molecule has 1 heterocycles. The Kier molecular flexibility index (Phi) is 3.79. The lowest BCUT2D eigenvalue weighted by molar-refractivity contribution is 0.168. The predicted octanol–water partition coefficient (Wildman–Crippen LogP) is 1.66. The van der Waals surface area contributed by atoms with Gasteiger partial charge in [0.2, 0.25) is 0 Å². The molecular weight excluding hydrogens is 226 g/mol. The van der Waals surface area contributed by atoms with E-state index in [-0.39, 0.29) is 6.04 Å². The van der Waals surface area contributed by atoms with Crippen LogP contribution in [-0.2, 0) is 0 Å². The smallest absolute Gasteiger partial charge is 0.129 e. The van der Waals surface area contributed by atoms with E-state index >= 15 is 0 Å². The van der Waals surface area contributed by atoms with Gasteiger partial charge in [0.25, 0.3) is 0 Å². The third-order valence-corrected chi connectivity index (χ3v) is 3.04. The Labute approximate surface area is 107 Å². The van der Waals surface area contributed by atoms with Gasteiger partial charge in [0.15, 0.2) is 0 Å². The average molecular weight is 245 g/mol. The van der Waals surface area contributed by atoms with Crippen LogP contribution in [0.25, 0.3) is 10.9 Å². The summed E-state index contributed by atoms with van der Waals surface area (Å²) in [6, 6.07) is 9.79. The van der Waals surface area contributed by atoms with Gasteiger partial charge in [0.1, 0.15) is 5.82 Å². The van der Waals surface area contributed by atoms with E-state index in [1.165, 1.54) is 0 Å². The molecule has 18 heavy (non-hydrogen) atoms. The predicted molar refractivity (Wildman–Crippen MR) is 74.6 cm³/mol. The summed E-state index contributed by atoms with van der Waals surface area (Å²) in [5.41, 5.74) is 7.82. The number of aromatic nitrogens is 1. The minimum atomic E-state index is -0.529. The Bertz CT molecular complexity index is 540. The van der Waals surface area contributed by atoms with Crippen molar-refractivity contribution in [2.75, 3.05) is 11.9 Å². The largest absolute Gasteiger partial charge is 0.392 e. The fourth-order valence-electron chi connectivity index (χ4n) is 1.79. The molecule has 0 aliphatic heterocycles. The molecule has 2 unspecified atom stereocenters. The summed E-state index contributed by atoms with van der Waals surface area (Å²) in [6.07, 6.45) is -0.529. The highest BCUT2D eigenvalue weighted by Crippen LogP contribution is 2.19. The highest BCUT2D eigenvalue weighted by atomic mass is 16.3. The normalized spacial score (nSPS) is 14.4. The maximum absolute atomic E-state index is 9.35. The van der Waals surface area contributed by atoms with Gasteiger partial charge in [-0.15, -0.1) is 0 Å². The van der Waals surface area contributed by atoms with Crippen molar-refractivity contribution in [3.63, 3.8) is 0 Å². The fourth-order valence-corrected chi connectivity index (χ4v) is 1.79. The third-order valence-electron chi connectivity index (χ3n) is 3.04. The molecular formula is C14H19N3O. The number of hydrogen-bond donors (Lipinski definition) is 3. The number of aliphatic hydroxyl groups excluding tert-OH is 1. The molecule has 0 aliphatic rings. The number of para-hydroxylation sites is 1. The number of aryl methyl sites for hydroxylation is 1. The Balaban J connectivity index is 2.20. The molecule has 2 atom stereocenters. The summed E-state index contributed by atoms with van der Waals surface area (Å²) in [7, 11) is 0. The highest BCUT2D eigenvalue weighted by Gasteiger charge is 2.10. The van der Waals surface area contributed by atoms with E-state index in [2.05, 4.69) is 16.4 Å². The summed E-state index contributed by atoms with van der Waals surface area (Å²) in [5.74, 6) is 0.824. The second-order valence-electron chi connectivity index (χ2n) is 4.63. The molecule has 0 bridgehead atoms. The lowest BCUT2D eigenvalue weighted by Gasteiger charge is -2.17. The van der Waals surface area contributed by atoms with Crippen LogP contribution in [0.4, 0.5) is 5.82 Å². The number of rotatable bonds is 4. The number of nitrogens with zero attached hydrogens (tertiary/aromatic N) is 1. The van der Waals surface area contributed by atoms with Crippen LogP contribution in [0.5, 0.6) is 0 Å². The molecule has 0 aliphatic carbocycles. The molecule has 1 aromatic carbocycles. The molecule has 0 radical (unpaired) electrons. The summed E-state index contributed by atoms with van der Waals surface area (Å²) in [4.78, 5) is 4.56. The number of fused-ring (bicyclic) bond motifs is 1. The molecule has 4 N–H and O–H groups in total. The first kappa shape index (κ1) is 12.8. The van der Waals surface area contributed by atoms with E-state index in [0.29, 0.717) is 6.54 Å². The van der Waals surface area contributed by atoms with Gasteiger partial charge in [0.05, 0.1) is 11.6 Å². The first-order chi connectivity index (χ1) is 8.58. The highest BCUT2D eigenvalue weighted by molar-refractivity contribution is 5.81. The summed E-state index contributed by atoms with van der Waals surface area (Å²) in [6.45, 7) is 4.20. The lowest BCUT2D eigenvalue weighted by Crippen LogP contribution is -2.38. The number of aliphatic hydroxyl groups is 1. The van der Waals surface area contributed by atoms with E-state index in [9.17, 15) is 5.11 Å². The quantitative estimate of drug-likeness (QED) is 0.766.